The van der Waals surface area contributed by atoms with Gasteiger partial charge in [0.15, 0.2) is 0 Å². The van der Waals surface area contributed by atoms with Crippen LogP contribution in [0.25, 0.3) is 0 Å². The van der Waals surface area contributed by atoms with Crippen molar-refractivity contribution in [3.05, 3.63) is 35.9 Å². The Kier molecular flexibility index (Phi) is 3.92. The molecular weight excluding hydrogens is 266 g/mol. The summed E-state index contributed by atoms with van der Waals surface area (Å²) in [5.41, 5.74) is 6.88. The molecule has 1 aromatic carbocycles. The molecule has 5 heteroatoms. The third kappa shape index (κ3) is 3.08. The standard InChI is InChI=1S/C16H21N3O2/c17-14(12-4-2-1-3-5-12)16(21)19-10-8-18(9-11-19)15(20)13-6-7-13/h1-5,13-14H,6-11,17H2. The van der Waals surface area contributed by atoms with Crippen LogP contribution in [0.4, 0.5) is 0 Å². The van der Waals surface area contributed by atoms with Crippen molar-refractivity contribution in [1.82, 2.24) is 9.80 Å². The number of nitrogens with two attached hydrogens (primary N) is 1. The molecule has 0 bridgehead atoms. The minimum Gasteiger partial charge on any atom is -0.339 e. The number of nitrogens with zero attached hydrogens (tertiary/aromatic N) is 2. The van der Waals surface area contributed by atoms with E-state index in [0.717, 1.165) is 18.4 Å². The van der Waals surface area contributed by atoms with Gasteiger partial charge in [-0.05, 0) is 18.4 Å². The zero-order valence-electron chi connectivity index (χ0n) is 12.1. The van der Waals surface area contributed by atoms with Gasteiger partial charge in [-0.3, -0.25) is 9.59 Å². The zero-order chi connectivity index (χ0) is 14.8. The number of rotatable bonds is 3. The number of piperazine rings is 1. The summed E-state index contributed by atoms with van der Waals surface area (Å²) in [7, 11) is 0. The van der Waals surface area contributed by atoms with E-state index in [1.165, 1.54) is 0 Å². The van der Waals surface area contributed by atoms with Gasteiger partial charge in [0.2, 0.25) is 11.8 Å². The first-order valence-electron chi connectivity index (χ1n) is 7.55. The van der Waals surface area contributed by atoms with E-state index >= 15 is 0 Å². The van der Waals surface area contributed by atoms with Crippen molar-refractivity contribution in [3.8, 4) is 0 Å². The molecule has 3 rings (SSSR count). The molecule has 5 nitrogen and oxygen atoms in total. The van der Waals surface area contributed by atoms with Crippen LogP contribution >= 0.6 is 0 Å². The third-order valence-corrected chi connectivity index (χ3v) is 4.25. The summed E-state index contributed by atoms with van der Waals surface area (Å²) in [6.07, 6.45) is 2.05. The van der Waals surface area contributed by atoms with E-state index in [0.29, 0.717) is 26.2 Å². The molecule has 1 aliphatic heterocycles. The monoisotopic (exact) mass is 287 g/mol. The molecule has 2 amide bonds. The van der Waals surface area contributed by atoms with Crippen LogP contribution < -0.4 is 5.73 Å². The first-order chi connectivity index (χ1) is 10.2. The third-order valence-electron chi connectivity index (χ3n) is 4.25. The Hall–Kier alpha value is -1.88. The largest absolute Gasteiger partial charge is 0.339 e. The highest BCUT2D eigenvalue weighted by Gasteiger charge is 2.35. The number of hydrogen-bond acceptors (Lipinski definition) is 3. The maximum absolute atomic E-state index is 12.4. The van der Waals surface area contributed by atoms with E-state index in [1.54, 1.807) is 4.90 Å². The van der Waals surface area contributed by atoms with E-state index in [9.17, 15) is 9.59 Å². The zero-order valence-corrected chi connectivity index (χ0v) is 12.1. The van der Waals surface area contributed by atoms with Gasteiger partial charge in [0.1, 0.15) is 6.04 Å². The second-order valence-electron chi connectivity index (χ2n) is 5.81. The molecule has 1 atom stereocenters. The highest BCUT2D eigenvalue weighted by Crippen LogP contribution is 2.31. The van der Waals surface area contributed by atoms with Gasteiger partial charge in [-0.1, -0.05) is 30.3 Å². The minimum atomic E-state index is -0.614. The number of amides is 2. The Bertz CT molecular complexity index is 520. The SMILES string of the molecule is NC(C(=O)N1CCN(C(=O)C2CC2)CC1)c1ccccc1. The Morgan fingerprint density at radius 2 is 1.57 bits per heavy atom. The Labute approximate surface area is 124 Å². The minimum absolute atomic E-state index is 0.0558. The predicted molar refractivity (Wildman–Crippen MR) is 79.3 cm³/mol. The molecule has 0 aromatic heterocycles. The number of hydrogen-bond donors (Lipinski definition) is 1. The van der Waals surface area contributed by atoms with E-state index < -0.39 is 6.04 Å². The molecule has 0 radical (unpaired) electrons. The van der Waals surface area contributed by atoms with Crippen LogP contribution in [-0.4, -0.2) is 47.8 Å². The Morgan fingerprint density at radius 1 is 1.00 bits per heavy atom. The van der Waals surface area contributed by atoms with Crippen molar-refractivity contribution < 1.29 is 9.59 Å². The average molecular weight is 287 g/mol. The molecular formula is C16H21N3O2. The van der Waals surface area contributed by atoms with Crippen molar-refractivity contribution in [2.45, 2.75) is 18.9 Å². The smallest absolute Gasteiger partial charge is 0.244 e. The normalized spacial score (nSPS) is 20.2. The molecule has 2 N–H and O–H groups in total. The number of benzene rings is 1. The van der Waals surface area contributed by atoms with Crippen molar-refractivity contribution >= 4 is 11.8 Å². The molecule has 1 aromatic rings. The van der Waals surface area contributed by atoms with E-state index in [-0.39, 0.29) is 17.7 Å². The first-order valence-corrected chi connectivity index (χ1v) is 7.55. The summed E-state index contributed by atoms with van der Waals surface area (Å²) < 4.78 is 0. The number of carbonyl (C=O) groups is 2. The van der Waals surface area contributed by atoms with Crippen LogP contribution in [0.3, 0.4) is 0 Å². The van der Waals surface area contributed by atoms with Crippen LogP contribution in [0, 0.1) is 5.92 Å². The van der Waals surface area contributed by atoms with Crippen LogP contribution in [-0.2, 0) is 9.59 Å². The predicted octanol–water partition coefficient (Wildman–Crippen LogP) is 0.767. The molecule has 21 heavy (non-hydrogen) atoms. The van der Waals surface area contributed by atoms with Crippen molar-refractivity contribution in [1.29, 1.82) is 0 Å². The Morgan fingerprint density at radius 3 is 2.14 bits per heavy atom. The van der Waals surface area contributed by atoms with E-state index in [4.69, 9.17) is 5.73 Å². The van der Waals surface area contributed by atoms with Crippen LogP contribution in [0.1, 0.15) is 24.4 Å². The summed E-state index contributed by atoms with van der Waals surface area (Å²) in [6, 6.07) is 8.80. The molecule has 2 aliphatic rings. The fraction of sp³-hybridized carbons (Fsp3) is 0.500. The summed E-state index contributed by atoms with van der Waals surface area (Å²) in [5, 5.41) is 0. The maximum Gasteiger partial charge on any atom is 0.244 e. The lowest BCUT2D eigenvalue weighted by Gasteiger charge is -2.36. The van der Waals surface area contributed by atoms with E-state index in [2.05, 4.69) is 0 Å². The van der Waals surface area contributed by atoms with Crippen molar-refractivity contribution in [2.75, 3.05) is 26.2 Å². The highest BCUT2D eigenvalue weighted by atomic mass is 16.2. The summed E-state index contributed by atoms with van der Waals surface area (Å²) in [4.78, 5) is 28.1. The maximum atomic E-state index is 12.4. The molecule has 2 fully saturated rings. The fourth-order valence-electron chi connectivity index (χ4n) is 2.74. The van der Waals surface area contributed by atoms with Gasteiger partial charge >= 0.3 is 0 Å². The molecule has 1 heterocycles. The lowest BCUT2D eigenvalue weighted by molar-refractivity contribution is -0.141. The summed E-state index contributed by atoms with van der Waals surface area (Å²) in [6.45, 7) is 2.42. The molecule has 1 aliphatic carbocycles. The van der Waals surface area contributed by atoms with Gasteiger partial charge < -0.3 is 15.5 Å². The van der Waals surface area contributed by atoms with Gasteiger partial charge in [-0.15, -0.1) is 0 Å². The van der Waals surface area contributed by atoms with Crippen LogP contribution in [0.5, 0.6) is 0 Å². The molecule has 1 saturated carbocycles. The second-order valence-corrected chi connectivity index (χ2v) is 5.81. The number of carbonyl (C=O) groups excluding carboxylic acids is 2. The van der Waals surface area contributed by atoms with Crippen LogP contribution in [0.2, 0.25) is 0 Å². The summed E-state index contributed by atoms with van der Waals surface area (Å²) in [5.74, 6) is 0.452. The van der Waals surface area contributed by atoms with Gasteiger partial charge in [-0.25, -0.2) is 0 Å². The highest BCUT2D eigenvalue weighted by molar-refractivity contribution is 5.84. The first kappa shape index (κ1) is 14.1. The Balaban J connectivity index is 1.56. The lowest BCUT2D eigenvalue weighted by Crippen LogP contribution is -2.52. The molecule has 1 saturated heterocycles. The molecule has 1 unspecified atom stereocenters. The molecule has 112 valence electrons. The molecule has 0 spiro atoms. The topological polar surface area (TPSA) is 66.6 Å². The van der Waals surface area contributed by atoms with Gasteiger partial charge in [0.25, 0.3) is 0 Å². The van der Waals surface area contributed by atoms with Gasteiger partial charge in [-0.2, -0.15) is 0 Å². The summed E-state index contributed by atoms with van der Waals surface area (Å²) >= 11 is 0. The van der Waals surface area contributed by atoms with Gasteiger partial charge in [0.05, 0.1) is 0 Å². The van der Waals surface area contributed by atoms with E-state index in [1.807, 2.05) is 35.2 Å². The van der Waals surface area contributed by atoms with Crippen molar-refractivity contribution in [3.63, 3.8) is 0 Å². The lowest BCUT2D eigenvalue weighted by atomic mass is 10.1. The second kappa shape index (κ2) is 5.85. The van der Waals surface area contributed by atoms with Gasteiger partial charge in [0, 0.05) is 32.1 Å². The van der Waals surface area contributed by atoms with Crippen LogP contribution in [0.15, 0.2) is 30.3 Å². The quantitative estimate of drug-likeness (QED) is 0.893. The van der Waals surface area contributed by atoms with Crippen molar-refractivity contribution in [2.24, 2.45) is 11.7 Å². The average Bonchev–Trinajstić information content (AvgIpc) is 3.39. The fourth-order valence-corrected chi connectivity index (χ4v) is 2.74.